The summed E-state index contributed by atoms with van der Waals surface area (Å²) >= 11 is 6.15. The molecule has 1 atom stereocenters. The van der Waals surface area contributed by atoms with Crippen LogP contribution in [0.5, 0.6) is 0 Å². The molecule has 2 aromatic rings. The standard InChI is InChI=1S/C16H15ClN4O4/c1-9-7-12(20-25-9)18-13(22)8-21-14(23)16(2,19-15(21)24)10-5-3-4-6-11(10)17/h3-7H,8H2,1-2H3,(H,19,24)(H,18,20,22)/t16-/m1/s1. The van der Waals surface area contributed by atoms with E-state index in [1.54, 1.807) is 38.1 Å². The first-order valence-electron chi connectivity index (χ1n) is 7.43. The molecule has 3 rings (SSSR count). The molecule has 0 bridgehead atoms. The van der Waals surface area contributed by atoms with E-state index < -0.39 is 29.9 Å². The molecule has 1 saturated heterocycles. The maximum absolute atomic E-state index is 12.8. The summed E-state index contributed by atoms with van der Waals surface area (Å²) in [7, 11) is 0. The molecule has 2 heterocycles. The lowest BCUT2D eigenvalue weighted by molar-refractivity contribution is -0.133. The lowest BCUT2D eigenvalue weighted by atomic mass is 9.92. The minimum Gasteiger partial charge on any atom is -0.360 e. The molecule has 0 unspecified atom stereocenters. The summed E-state index contributed by atoms with van der Waals surface area (Å²) in [5.41, 5.74) is -0.870. The largest absolute Gasteiger partial charge is 0.360 e. The van der Waals surface area contributed by atoms with E-state index in [0.29, 0.717) is 16.3 Å². The van der Waals surface area contributed by atoms with Gasteiger partial charge in [0.2, 0.25) is 5.91 Å². The highest BCUT2D eigenvalue weighted by molar-refractivity contribution is 6.32. The molecule has 9 heteroatoms. The first-order valence-corrected chi connectivity index (χ1v) is 7.81. The molecule has 1 aliphatic rings. The van der Waals surface area contributed by atoms with Crippen molar-refractivity contribution in [2.75, 3.05) is 11.9 Å². The van der Waals surface area contributed by atoms with E-state index in [2.05, 4.69) is 15.8 Å². The second-order valence-corrected chi connectivity index (χ2v) is 6.20. The number of imide groups is 1. The molecule has 130 valence electrons. The summed E-state index contributed by atoms with van der Waals surface area (Å²) in [6, 6.07) is 7.58. The first-order chi connectivity index (χ1) is 11.8. The molecule has 1 aliphatic heterocycles. The van der Waals surface area contributed by atoms with Crippen LogP contribution in [0.25, 0.3) is 0 Å². The van der Waals surface area contributed by atoms with Crippen molar-refractivity contribution < 1.29 is 18.9 Å². The van der Waals surface area contributed by atoms with Gasteiger partial charge in [-0.2, -0.15) is 0 Å². The van der Waals surface area contributed by atoms with Crippen LogP contribution in [0.2, 0.25) is 5.02 Å². The van der Waals surface area contributed by atoms with Gasteiger partial charge in [0.05, 0.1) is 0 Å². The number of nitrogens with one attached hydrogen (secondary N) is 2. The Labute approximate surface area is 148 Å². The molecule has 1 fully saturated rings. The number of halogens is 1. The fraction of sp³-hybridized carbons (Fsp3) is 0.250. The summed E-state index contributed by atoms with van der Waals surface area (Å²) in [4.78, 5) is 37.9. The van der Waals surface area contributed by atoms with Crippen molar-refractivity contribution in [2.24, 2.45) is 0 Å². The fourth-order valence-electron chi connectivity index (χ4n) is 2.64. The van der Waals surface area contributed by atoms with Crippen LogP contribution in [0.3, 0.4) is 0 Å². The molecule has 25 heavy (non-hydrogen) atoms. The van der Waals surface area contributed by atoms with E-state index in [1.165, 1.54) is 6.07 Å². The number of rotatable bonds is 4. The van der Waals surface area contributed by atoms with Crippen LogP contribution < -0.4 is 10.6 Å². The van der Waals surface area contributed by atoms with E-state index in [-0.39, 0.29) is 5.82 Å². The van der Waals surface area contributed by atoms with Gasteiger partial charge >= 0.3 is 6.03 Å². The van der Waals surface area contributed by atoms with Gasteiger partial charge in [0.25, 0.3) is 5.91 Å². The first kappa shape index (κ1) is 17.0. The van der Waals surface area contributed by atoms with Gasteiger partial charge < -0.3 is 15.2 Å². The minimum atomic E-state index is -1.33. The lowest BCUT2D eigenvalue weighted by Crippen LogP contribution is -2.42. The summed E-state index contributed by atoms with van der Waals surface area (Å²) in [6.07, 6.45) is 0. The Bertz CT molecular complexity index is 865. The van der Waals surface area contributed by atoms with Crippen LogP contribution in [-0.4, -0.2) is 34.4 Å². The number of benzene rings is 1. The summed E-state index contributed by atoms with van der Waals surface area (Å²) in [5, 5.41) is 9.04. The summed E-state index contributed by atoms with van der Waals surface area (Å²) < 4.78 is 4.84. The molecule has 2 N–H and O–H groups in total. The van der Waals surface area contributed by atoms with Gasteiger partial charge in [0.1, 0.15) is 17.8 Å². The van der Waals surface area contributed by atoms with Crippen molar-refractivity contribution in [2.45, 2.75) is 19.4 Å². The second kappa shape index (κ2) is 6.21. The quantitative estimate of drug-likeness (QED) is 0.810. The van der Waals surface area contributed by atoms with Crippen molar-refractivity contribution in [3.8, 4) is 0 Å². The Hall–Kier alpha value is -2.87. The topological polar surface area (TPSA) is 105 Å². The summed E-state index contributed by atoms with van der Waals surface area (Å²) in [5.74, 6) is -0.391. The lowest BCUT2D eigenvalue weighted by Gasteiger charge is -2.23. The molecular formula is C16H15ClN4O4. The molecule has 1 aromatic carbocycles. The van der Waals surface area contributed by atoms with E-state index in [0.717, 1.165) is 4.90 Å². The van der Waals surface area contributed by atoms with E-state index in [4.69, 9.17) is 16.1 Å². The van der Waals surface area contributed by atoms with E-state index in [9.17, 15) is 14.4 Å². The Morgan fingerprint density at radius 1 is 1.40 bits per heavy atom. The van der Waals surface area contributed by atoms with Crippen LogP contribution in [-0.2, 0) is 15.1 Å². The van der Waals surface area contributed by atoms with Gasteiger partial charge in [-0.3, -0.25) is 14.5 Å². The van der Waals surface area contributed by atoms with Crippen molar-refractivity contribution in [1.29, 1.82) is 0 Å². The SMILES string of the molecule is Cc1cc(NC(=O)CN2C(=O)N[C@](C)(c3ccccc3Cl)C2=O)no1. The number of carbonyl (C=O) groups is 3. The molecular weight excluding hydrogens is 348 g/mol. The maximum Gasteiger partial charge on any atom is 0.325 e. The Morgan fingerprint density at radius 3 is 2.76 bits per heavy atom. The molecule has 8 nitrogen and oxygen atoms in total. The molecule has 0 spiro atoms. The number of aromatic nitrogens is 1. The third kappa shape index (κ3) is 3.08. The zero-order chi connectivity index (χ0) is 18.2. The number of anilines is 1. The minimum absolute atomic E-state index is 0.211. The van der Waals surface area contributed by atoms with Crippen molar-refractivity contribution in [1.82, 2.24) is 15.4 Å². The number of aryl methyl sites for hydroxylation is 1. The second-order valence-electron chi connectivity index (χ2n) is 5.80. The van der Waals surface area contributed by atoms with Crippen molar-refractivity contribution >= 4 is 35.3 Å². The number of nitrogens with zero attached hydrogens (tertiary/aromatic N) is 2. The molecule has 0 radical (unpaired) electrons. The zero-order valence-corrected chi connectivity index (χ0v) is 14.3. The average Bonchev–Trinajstić information content (AvgIpc) is 3.04. The van der Waals surface area contributed by atoms with Crippen LogP contribution in [0, 0.1) is 6.92 Å². The van der Waals surface area contributed by atoms with Crippen LogP contribution in [0.15, 0.2) is 34.9 Å². The number of carbonyl (C=O) groups excluding carboxylic acids is 3. The Kier molecular flexibility index (Phi) is 4.22. The van der Waals surface area contributed by atoms with E-state index >= 15 is 0 Å². The van der Waals surface area contributed by atoms with Crippen molar-refractivity contribution in [3.63, 3.8) is 0 Å². The van der Waals surface area contributed by atoms with Crippen LogP contribution in [0.4, 0.5) is 10.6 Å². The number of hydrogen-bond donors (Lipinski definition) is 2. The smallest absolute Gasteiger partial charge is 0.325 e. The summed E-state index contributed by atoms with van der Waals surface area (Å²) in [6.45, 7) is 2.78. The predicted octanol–water partition coefficient (Wildman–Crippen LogP) is 2.04. The highest BCUT2D eigenvalue weighted by Crippen LogP contribution is 2.33. The zero-order valence-electron chi connectivity index (χ0n) is 13.5. The number of amides is 4. The molecule has 0 saturated carbocycles. The van der Waals surface area contributed by atoms with Gasteiger partial charge in [-0.05, 0) is 19.9 Å². The van der Waals surface area contributed by atoms with Gasteiger partial charge in [0, 0.05) is 16.7 Å². The van der Waals surface area contributed by atoms with Gasteiger partial charge in [-0.1, -0.05) is 35.0 Å². The molecule has 4 amide bonds. The number of hydrogen-bond acceptors (Lipinski definition) is 5. The highest BCUT2D eigenvalue weighted by atomic mass is 35.5. The Balaban J connectivity index is 1.77. The predicted molar refractivity (Wildman–Crippen MR) is 88.9 cm³/mol. The fourth-order valence-corrected chi connectivity index (χ4v) is 2.97. The van der Waals surface area contributed by atoms with E-state index in [1.807, 2.05) is 0 Å². The normalized spacial score (nSPS) is 19.9. The third-order valence-corrected chi connectivity index (χ3v) is 4.21. The molecule has 0 aliphatic carbocycles. The maximum atomic E-state index is 12.8. The highest BCUT2D eigenvalue weighted by Gasteiger charge is 2.50. The van der Waals surface area contributed by atoms with Gasteiger partial charge in [-0.25, -0.2) is 4.79 Å². The van der Waals surface area contributed by atoms with Crippen LogP contribution >= 0.6 is 11.6 Å². The van der Waals surface area contributed by atoms with Gasteiger partial charge in [0.15, 0.2) is 5.82 Å². The van der Waals surface area contributed by atoms with Crippen molar-refractivity contribution in [3.05, 3.63) is 46.7 Å². The third-order valence-electron chi connectivity index (χ3n) is 3.88. The van der Waals surface area contributed by atoms with Gasteiger partial charge in [-0.15, -0.1) is 0 Å². The average molecular weight is 363 g/mol. The van der Waals surface area contributed by atoms with Crippen LogP contribution in [0.1, 0.15) is 18.2 Å². The molecule has 1 aromatic heterocycles. The number of urea groups is 1. The Morgan fingerprint density at radius 2 is 2.12 bits per heavy atom. The monoisotopic (exact) mass is 362 g/mol.